The molecule has 0 spiro atoms. The second-order valence-corrected chi connectivity index (χ2v) is 8.10. The van der Waals surface area contributed by atoms with E-state index in [0.29, 0.717) is 0 Å². The number of hydrogen-bond donors (Lipinski definition) is 3. The Morgan fingerprint density at radius 2 is 2.00 bits per heavy atom. The quantitative estimate of drug-likeness (QED) is 0.218. The molecule has 1 fully saturated rings. The molecule has 0 aromatic carbocycles. The largest absolute Gasteiger partial charge is 0.466 e. The van der Waals surface area contributed by atoms with Crippen molar-refractivity contribution in [2.24, 2.45) is 10.9 Å². The van der Waals surface area contributed by atoms with Gasteiger partial charge in [0.05, 0.1) is 6.54 Å². The number of aliphatic hydroxyl groups is 1. The lowest BCUT2D eigenvalue weighted by atomic mass is 9.96. The summed E-state index contributed by atoms with van der Waals surface area (Å²) in [7, 11) is 0. The Labute approximate surface area is 187 Å². The van der Waals surface area contributed by atoms with Crippen molar-refractivity contribution in [2.45, 2.75) is 59.5 Å². The summed E-state index contributed by atoms with van der Waals surface area (Å²) in [4.78, 5) is 7.15. The van der Waals surface area contributed by atoms with Gasteiger partial charge < -0.3 is 25.1 Å². The standard InChI is InChI=1S/C21H38N4O2.HI/c1-6-22-20(23-10-7-11-25-12-8-16(2)9-13-25)24-15-21(5,26)19-14-17(3)27-18(19)4;/h14,16,26H,6-13,15H2,1-5H3,(H2,22,23,24);1H. The first kappa shape index (κ1) is 25.2. The van der Waals surface area contributed by atoms with Crippen LogP contribution < -0.4 is 10.6 Å². The third kappa shape index (κ3) is 7.91. The van der Waals surface area contributed by atoms with Crippen molar-refractivity contribution >= 4 is 29.9 Å². The lowest BCUT2D eigenvalue weighted by Crippen LogP contribution is -2.40. The summed E-state index contributed by atoms with van der Waals surface area (Å²) < 4.78 is 5.55. The number of piperidine rings is 1. The molecule has 162 valence electrons. The number of aryl methyl sites for hydroxylation is 2. The van der Waals surface area contributed by atoms with E-state index < -0.39 is 5.60 Å². The fourth-order valence-electron chi connectivity index (χ4n) is 3.62. The number of rotatable bonds is 8. The average molecular weight is 506 g/mol. The summed E-state index contributed by atoms with van der Waals surface area (Å²) in [5.41, 5.74) is -0.242. The maximum Gasteiger partial charge on any atom is 0.191 e. The van der Waals surface area contributed by atoms with E-state index in [1.54, 1.807) is 6.92 Å². The molecule has 1 aliphatic rings. The molecular formula is C21H39IN4O2. The topological polar surface area (TPSA) is 73.0 Å². The summed E-state index contributed by atoms with van der Waals surface area (Å²) in [6.45, 7) is 15.5. The normalized spacial score (nSPS) is 18.4. The molecule has 1 saturated heterocycles. The number of likely N-dealkylation sites (tertiary alicyclic amines) is 1. The van der Waals surface area contributed by atoms with Crippen LogP contribution in [0.3, 0.4) is 0 Å². The van der Waals surface area contributed by atoms with Gasteiger partial charge in [-0.15, -0.1) is 24.0 Å². The van der Waals surface area contributed by atoms with Crippen LogP contribution >= 0.6 is 24.0 Å². The third-order valence-corrected chi connectivity index (χ3v) is 5.33. The zero-order valence-electron chi connectivity index (χ0n) is 18.2. The summed E-state index contributed by atoms with van der Waals surface area (Å²) in [6.07, 6.45) is 3.73. The predicted molar refractivity (Wildman–Crippen MR) is 127 cm³/mol. The smallest absolute Gasteiger partial charge is 0.191 e. The molecule has 2 rings (SSSR count). The Morgan fingerprint density at radius 3 is 2.57 bits per heavy atom. The summed E-state index contributed by atoms with van der Waals surface area (Å²) in [5.74, 6) is 3.19. The molecule has 0 aliphatic carbocycles. The molecule has 0 amide bonds. The molecule has 0 saturated carbocycles. The summed E-state index contributed by atoms with van der Waals surface area (Å²) in [6, 6.07) is 1.89. The highest BCUT2D eigenvalue weighted by Gasteiger charge is 2.27. The van der Waals surface area contributed by atoms with Gasteiger partial charge in [-0.1, -0.05) is 6.92 Å². The summed E-state index contributed by atoms with van der Waals surface area (Å²) in [5, 5.41) is 17.5. The van der Waals surface area contributed by atoms with E-state index in [0.717, 1.165) is 55.0 Å². The van der Waals surface area contributed by atoms with Crippen LogP contribution in [0.5, 0.6) is 0 Å². The van der Waals surface area contributed by atoms with Crippen molar-refractivity contribution in [2.75, 3.05) is 39.3 Å². The van der Waals surface area contributed by atoms with Crippen LogP contribution in [0, 0.1) is 19.8 Å². The molecule has 7 heteroatoms. The minimum atomic E-state index is -1.05. The lowest BCUT2D eigenvalue weighted by Gasteiger charge is -2.30. The van der Waals surface area contributed by atoms with Gasteiger partial charge >= 0.3 is 0 Å². The molecular weight excluding hydrogens is 467 g/mol. The van der Waals surface area contributed by atoms with E-state index in [9.17, 15) is 5.11 Å². The van der Waals surface area contributed by atoms with E-state index in [2.05, 4.69) is 27.4 Å². The second kappa shape index (κ2) is 12.0. The summed E-state index contributed by atoms with van der Waals surface area (Å²) >= 11 is 0. The Balaban J connectivity index is 0.00000392. The molecule has 1 atom stereocenters. The number of aliphatic imine (C=N–C) groups is 1. The average Bonchev–Trinajstić information content (AvgIpc) is 2.97. The Morgan fingerprint density at radius 1 is 1.32 bits per heavy atom. The molecule has 1 aromatic rings. The molecule has 28 heavy (non-hydrogen) atoms. The number of nitrogens with one attached hydrogen (secondary N) is 2. The Bertz CT molecular complexity index is 608. The molecule has 3 N–H and O–H groups in total. The highest BCUT2D eigenvalue weighted by molar-refractivity contribution is 14.0. The zero-order valence-corrected chi connectivity index (χ0v) is 20.5. The zero-order chi connectivity index (χ0) is 19.9. The Hall–Kier alpha value is -0.800. The number of hydrogen-bond acceptors (Lipinski definition) is 4. The van der Waals surface area contributed by atoms with E-state index >= 15 is 0 Å². The number of guanidine groups is 1. The van der Waals surface area contributed by atoms with E-state index in [-0.39, 0.29) is 30.5 Å². The third-order valence-electron chi connectivity index (χ3n) is 5.33. The van der Waals surface area contributed by atoms with E-state index in [1.807, 2.05) is 26.8 Å². The monoisotopic (exact) mass is 506 g/mol. The van der Waals surface area contributed by atoms with Crippen LogP contribution in [-0.2, 0) is 5.60 Å². The first-order valence-electron chi connectivity index (χ1n) is 10.4. The van der Waals surface area contributed by atoms with Crippen LogP contribution in [0.2, 0.25) is 0 Å². The lowest BCUT2D eigenvalue weighted by molar-refractivity contribution is 0.0657. The van der Waals surface area contributed by atoms with Crippen LogP contribution in [0.1, 0.15) is 57.1 Å². The van der Waals surface area contributed by atoms with Crippen LogP contribution in [0.4, 0.5) is 0 Å². The van der Waals surface area contributed by atoms with Crippen molar-refractivity contribution in [3.05, 3.63) is 23.2 Å². The van der Waals surface area contributed by atoms with Gasteiger partial charge in [-0.2, -0.15) is 0 Å². The molecule has 1 unspecified atom stereocenters. The van der Waals surface area contributed by atoms with Crippen molar-refractivity contribution in [1.29, 1.82) is 0 Å². The van der Waals surface area contributed by atoms with Gasteiger partial charge in [0.2, 0.25) is 0 Å². The first-order valence-corrected chi connectivity index (χ1v) is 10.4. The molecule has 2 heterocycles. The van der Waals surface area contributed by atoms with Crippen molar-refractivity contribution in [1.82, 2.24) is 15.5 Å². The molecule has 0 bridgehead atoms. The van der Waals surface area contributed by atoms with Gasteiger partial charge in [0.25, 0.3) is 0 Å². The van der Waals surface area contributed by atoms with Gasteiger partial charge in [-0.05, 0) is 78.6 Å². The van der Waals surface area contributed by atoms with Crippen LogP contribution in [-0.4, -0.2) is 55.2 Å². The van der Waals surface area contributed by atoms with E-state index in [4.69, 9.17) is 4.42 Å². The van der Waals surface area contributed by atoms with Crippen molar-refractivity contribution < 1.29 is 9.52 Å². The fourth-order valence-corrected chi connectivity index (χ4v) is 3.62. The van der Waals surface area contributed by atoms with Crippen LogP contribution in [0.15, 0.2) is 15.5 Å². The van der Waals surface area contributed by atoms with Gasteiger partial charge in [0, 0.05) is 18.7 Å². The number of nitrogens with zero attached hydrogens (tertiary/aromatic N) is 2. The number of furan rings is 1. The second-order valence-electron chi connectivity index (χ2n) is 8.10. The van der Waals surface area contributed by atoms with E-state index in [1.165, 1.54) is 25.9 Å². The van der Waals surface area contributed by atoms with Gasteiger partial charge in [0.1, 0.15) is 17.1 Å². The predicted octanol–water partition coefficient (Wildman–Crippen LogP) is 3.40. The minimum absolute atomic E-state index is 0. The van der Waals surface area contributed by atoms with Gasteiger partial charge in [0.15, 0.2) is 5.96 Å². The highest BCUT2D eigenvalue weighted by Crippen LogP contribution is 2.27. The maximum absolute atomic E-state index is 10.8. The van der Waals surface area contributed by atoms with Crippen molar-refractivity contribution in [3.63, 3.8) is 0 Å². The van der Waals surface area contributed by atoms with Crippen molar-refractivity contribution in [3.8, 4) is 0 Å². The van der Waals surface area contributed by atoms with Gasteiger partial charge in [-0.25, -0.2) is 4.99 Å². The number of halogens is 1. The molecule has 0 radical (unpaired) electrons. The molecule has 1 aliphatic heterocycles. The first-order chi connectivity index (χ1) is 12.8. The maximum atomic E-state index is 10.8. The Kier molecular flexibility index (Phi) is 10.8. The molecule has 1 aromatic heterocycles. The molecule has 6 nitrogen and oxygen atoms in total. The highest BCUT2D eigenvalue weighted by atomic mass is 127. The SMILES string of the molecule is CCNC(=NCC(C)(O)c1cc(C)oc1C)NCCCN1CCC(C)CC1.I. The minimum Gasteiger partial charge on any atom is -0.466 e. The fraction of sp³-hybridized carbons (Fsp3) is 0.762. The van der Waals surface area contributed by atoms with Gasteiger partial charge in [-0.3, -0.25) is 0 Å². The van der Waals surface area contributed by atoms with Crippen LogP contribution in [0.25, 0.3) is 0 Å².